The summed E-state index contributed by atoms with van der Waals surface area (Å²) in [6.07, 6.45) is 2.62. The lowest BCUT2D eigenvalue weighted by Gasteiger charge is -2.33. The van der Waals surface area contributed by atoms with E-state index in [1.165, 1.54) is 5.56 Å². The first-order valence-electron chi connectivity index (χ1n) is 7.36. The number of aliphatic carboxylic acids is 1. The Hall–Kier alpha value is -1.88. The predicted molar refractivity (Wildman–Crippen MR) is 79.7 cm³/mol. The maximum atomic E-state index is 12.0. The van der Waals surface area contributed by atoms with Crippen molar-refractivity contribution in [1.29, 1.82) is 0 Å². The van der Waals surface area contributed by atoms with E-state index in [1.807, 2.05) is 18.2 Å². The number of carbonyl (C=O) groups is 2. The number of likely N-dealkylation sites (tertiary alicyclic amines) is 1. The van der Waals surface area contributed by atoms with Gasteiger partial charge < -0.3 is 15.7 Å². The molecule has 5 nitrogen and oxygen atoms in total. The molecule has 0 bridgehead atoms. The second-order valence-corrected chi connectivity index (χ2v) is 5.66. The van der Waals surface area contributed by atoms with E-state index in [4.69, 9.17) is 10.8 Å². The van der Waals surface area contributed by atoms with Crippen molar-refractivity contribution in [3.8, 4) is 0 Å². The van der Waals surface area contributed by atoms with Gasteiger partial charge in [-0.05, 0) is 30.7 Å². The summed E-state index contributed by atoms with van der Waals surface area (Å²) in [4.78, 5) is 24.3. The summed E-state index contributed by atoms with van der Waals surface area (Å²) in [6.45, 7) is 1.34. The van der Waals surface area contributed by atoms with E-state index in [0.717, 1.165) is 19.3 Å². The van der Waals surface area contributed by atoms with E-state index in [-0.39, 0.29) is 12.3 Å². The second kappa shape index (κ2) is 7.22. The summed E-state index contributed by atoms with van der Waals surface area (Å²) in [7, 11) is 0. The van der Waals surface area contributed by atoms with E-state index >= 15 is 0 Å². The van der Waals surface area contributed by atoms with Crippen LogP contribution in [0.5, 0.6) is 0 Å². The number of hydrogen-bond donors (Lipinski definition) is 2. The number of rotatable bonds is 5. The maximum absolute atomic E-state index is 12.0. The molecule has 1 fully saturated rings. The Balaban J connectivity index is 1.80. The zero-order valence-electron chi connectivity index (χ0n) is 12.1. The van der Waals surface area contributed by atoms with Crippen molar-refractivity contribution in [2.24, 2.45) is 11.7 Å². The summed E-state index contributed by atoms with van der Waals surface area (Å²) in [5, 5.41) is 8.69. The SMILES string of the molecule is NC(CC(=O)O)C(=O)N1CCC(Cc2ccccc2)CC1. The molecule has 1 heterocycles. The highest BCUT2D eigenvalue weighted by Crippen LogP contribution is 2.22. The minimum Gasteiger partial charge on any atom is -0.481 e. The molecule has 0 aromatic heterocycles. The Labute approximate surface area is 124 Å². The van der Waals surface area contributed by atoms with Gasteiger partial charge in [0.2, 0.25) is 5.91 Å². The van der Waals surface area contributed by atoms with Crippen molar-refractivity contribution in [1.82, 2.24) is 4.90 Å². The van der Waals surface area contributed by atoms with E-state index in [0.29, 0.717) is 19.0 Å². The zero-order chi connectivity index (χ0) is 15.2. The maximum Gasteiger partial charge on any atom is 0.305 e. The first-order valence-corrected chi connectivity index (χ1v) is 7.36. The third-order valence-electron chi connectivity index (χ3n) is 4.01. The highest BCUT2D eigenvalue weighted by molar-refractivity contribution is 5.86. The molecule has 0 spiro atoms. The van der Waals surface area contributed by atoms with Gasteiger partial charge in [-0.15, -0.1) is 0 Å². The zero-order valence-corrected chi connectivity index (χ0v) is 12.1. The molecule has 1 amide bonds. The number of piperidine rings is 1. The van der Waals surface area contributed by atoms with Gasteiger partial charge in [0.25, 0.3) is 0 Å². The van der Waals surface area contributed by atoms with Crippen LogP contribution < -0.4 is 5.73 Å². The predicted octanol–water partition coefficient (Wildman–Crippen LogP) is 1.27. The quantitative estimate of drug-likeness (QED) is 0.855. The van der Waals surface area contributed by atoms with Gasteiger partial charge >= 0.3 is 5.97 Å². The number of nitrogens with zero attached hydrogens (tertiary/aromatic N) is 1. The number of carboxylic acids is 1. The van der Waals surface area contributed by atoms with Crippen molar-refractivity contribution < 1.29 is 14.7 Å². The molecule has 1 aliphatic heterocycles. The molecular formula is C16H22N2O3. The van der Waals surface area contributed by atoms with Gasteiger partial charge in [-0.1, -0.05) is 30.3 Å². The van der Waals surface area contributed by atoms with Crippen LogP contribution in [-0.4, -0.2) is 41.0 Å². The highest BCUT2D eigenvalue weighted by atomic mass is 16.4. The van der Waals surface area contributed by atoms with Crippen LogP contribution in [0.15, 0.2) is 30.3 Å². The van der Waals surface area contributed by atoms with E-state index in [2.05, 4.69) is 12.1 Å². The fourth-order valence-corrected chi connectivity index (χ4v) is 2.81. The van der Waals surface area contributed by atoms with E-state index < -0.39 is 12.0 Å². The van der Waals surface area contributed by atoms with Gasteiger partial charge in [-0.2, -0.15) is 0 Å². The summed E-state index contributed by atoms with van der Waals surface area (Å²) in [6, 6.07) is 9.42. The molecule has 5 heteroatoms. The van der Waals surface area contributed by atoms with Crippen molar-refractivity contribution >= 4 is 11.9 Å². The number of carboxylic acid groups (broad SMARTS) is 1. The molecule has 1 saturated heterocycles. The van der Waals surface area contributed by atoms with Crippen molar-refractivity contribution in [2.45, 2.75) is 31.7 Å². The summed E-state index contributed by atoms with van der Waals surface area (Å²) in [5.41, 5.74) is 6.96. The fraction of sp³-hybridized carbons (Fsp3) is 0.500. The van der Waals surface area contributed by atoms with Crippen LogP contribution in [0.2, 0.25) is 0 Å². The van der Waals surface area contributed by atoms with Crippen LogP contribution in [0, 0.1) is 5.92 Å². The first-order chi connectivity index (χ1) is 10.1. The van der Waals surface area contributed by atoms with Gasteiger partial charge in [-0.25, -0.2) is 0 Å². The monoisotopic (exact) mass is 290 g/mol. The Morgan fingerprint density at radius 3 is 2.43 bits per heavy atom. The Kier molecular flexibility index (Phi) is 5.33. The minimum absolute atomic E-state index is 0.240. The van der Waals surface area contributed by atoms with Crippen LogP contribution in [0.1, 0.15) is 24.8 Å². The summed E-state index contributed by atoms with van der Waals surface area (Å²) < 4.78 is 0. The van der Waals surface area contributed by atoms with Crippen LogP contribution >= 0.6 is 0 Å². The van der Waals surface area contributed by atoms with E-state index in [9.17, 15) is 9.59 Å². The molecule has 3 N–H and O–H groups in total. The van der Waals surface area contributed by atoms with Crippen LogP contribution in [0.3, 0.4) is 0 Å². The lowest BCUT2D eigenvalue weighted by molar-refractivity contribution is -0.142. The Morgan fingerprint density at radius 1 is 1.24 bits per heavy atom. The van der Waals surface area contributed by atoms with Gasteiger partial charge in [0.15, 0.2) is 0 Å². The highest BCUT2D eigenvalue weighted by Gasteiger charge is 2.27. The number of amides is 1. The molecule has 2 rings (SSSR count). The Bertz CT molecular complexity index is 482. The van der Waals surface area contributed by atoms with Gasteiger partial charge in [0.05, 0.1) is 12.5 Å². The van der Waals surface area contributed by atoms with Gasteiger partial charge in [-0.3, -0.25) is 9.59 Å². The summed E-state index contributed by atoms with van der Waals surface area (Å²) >= 11 is 0. The standard InChI is InChI=1S/C16H22N2O3/c17-14(11-15(19)20)16(21)18-8-6-13(7-9-18)10-12-4-2-1-3-5-12/h1-5,13-14H,6-11,17H2,(H,19,20). The molecule has 0 aliphatic carbocycles. The number of nitrogens with two attached hydrogens (primary N) is 1. The second-order valence-electron chi connectivity index (χ2n) is 5.66. The number of hydrogen-bond acceptors (Lipinski definition) is 3. The molecule has 1 aromatic carbocycles. The minimum atomic E-state index is -1.03. The topological polar surface area (TPSA) is 83.6 Å². The molecule has 0 saturated carbocycles. The molecule has 21 heavy (non-hydrogen) atoms. The lowest BCUT2D eigenvalue weighted by atomic mass is 9.90. The smallest absolute Gasteiger partial charge is 0.305 e. The van der Waals surface area contributed by atoms with Gasteiger partial charge in [0.1, 0.15) is 0 Å². The van der Waals surface area contributed by atoms with Crippen LogP contribution in [0.4, 0.5) is 0 Å². The molecular weight excluding hydrogens is 268 g/mol. The average Bonchev–Trinajstić information content (AvgIpc) is 2.47. The third kappa shape index (κ3) is 4.56. The lowest BCUT2D eigenvalue weighted by Crippen LogP contribution is -2.48. The van der Waals surface area contributed by atoms with E-state index in [1.54, 1.807) is 4.90 Å². The molecule has 1 unspecified atom stereocenters. The molecule has 1 aromatic rings. The van der Waals surface area contributed by atoms with Crippen LogP contribution in [-0.2, 0) is 16.0 Å². The fourth-order valence-electron chi connectivity index (χ4n) is 2.81. The Morgan fingerprint density at radius 2 is 1.86 bits per heavy atom. The number of carbonyl (C=O) groups excluding carboxylic acids is 1. The molecule has 1 aliphatic rings. The summed E-state index contributed by atoms with van der Waals surface area (Å²) in [5.74, 6) is -0.697. The average molecular weight is 290 g/mol. The van der Waals surface area contributed by atoms with Crippen LogP contribution in [0.25, 0.3) is 0 Å². The molecule has 0 radical (unpaired) electrons. The first kappa shape index (κ1) is 15.5. The van der Waals surface area contributed by atoms with Crippen molar-refractivity contribution in [3.05, 3.63) is 35.9 Å². The third-order valence-corrected chi connectivity index (χ3v) is 4.01. The number of benzene rings is 1. The molecule has 1 atom stereocenters. The van der Waals surface area contributed by atoms with Crippen molar-refractivity contribution in [3.63, 3.8) is 0 Å². The van der Waals surface area contributed by atoms with Gasteiger partial charge in [0, 0.05) is 13.1 Å². The normalized spacial score (nSPS) is 17.5. The van der Waals surface area contributed by atoms with Crippen molar-refractivity contribution in [2.75, 3.05) is 13.1 Å². The molecule has 114 valence electrons. The largest absolute Gasteiger partial charge is 0.481 e.